The van der Waals surface area contributed by atoms with E-state index in [-0.39, 0.29) is 23.7 Å². The number of benzene rings is 2. The molecule has 0 radical (unpaired) electrons. The monoisotopic (exact) mass is 275 g/mol. The molecule has 0 heterocycles. The number of halogens is 1. The molecule has 0 amide bonds. The molecular formula is C15H14FNO3. The van der Waals surface area contributed by atoms with Gasteiger partial charge in [0.2, 0.25) is 0 Å². The number of hydrogen-bond donors (Lipinski definition) is 1. The lowest BCUT2D eigenvalue weighted by Crippen LogP contribution is -2.08. The summed E-state index contributed by atoms with van der Waals surface area (Å²) in [5, 5.41) is 0. The summed E-state index contributed by atoms with van der Waals surface area (Å²) in [4.78, 5) is 12.0. The van der Waals surface area contributed by atoms with E-state index in [0.717, 1.165) is 0 Å². The maximum absolute atomic E-state index is 13.0. The molecule has 0 saturated carbocycles. The van der Waals surface area contributed by atoms with Gasteiger partial charge < -0.3 is 15.2 Å². The van der Waals surface area contributed by atoms with Gasteiger partial charge in [-0.1, -0.05) is 18.2 Å². The zero-order valence-electron chi connectivity index (χ0n) is 10.9. The van der Waals surface area contributed by atoms with Crippen molar-refractivity contribution >= 4 is 11.7 Å². The van der Waals surface area contributed by atoms with Crippen LogP contribution in [0.3, 0.4) is 0 Å². The van der Waals surface area contributed by atoms with Crippen molar-refractivity contribution in [1.82, 2.24) is 0 Å². The lowest BCUT2D eigenvalue weighted by atomic mass is 10.1. The van der Waals surface area contributed by atoms with Gasteiger partial charge in [0.05, 0.1) is 12.8 Å². The summed E-state index contributed by atoms with van der Waals surface area (Å²) in [7, 11) is 1.43. The van der Waals surface area contributed by atoms with Gasteiger partial charge in [-0.2, -0.15) is 0 Å². The third kappa shape index (κ3) is 3.06. The van der Waals surface area contributed by atoms with Crippen LogP contribution in [0.1, 0.15) is 15.9 Å². The highest BCUT2D eigenvalue weighted by atomic mass is 19.1. The Labute approximate surface area is 115 Å². The van der Waals surface area contributed by atoms with Crippen molar-refractivity contribution in [2.24, 2.45) is 0 Å². The second kappa shape index (κ2) is 6.06. The van der Waals surface area contributed by atoms with Crippen LogP contribution in [0.25, 0.3) is 0 Å². The highest BCUT2D eigenvalue weighted by Crippen LogP contribution is 2.26. The van der Waals surface area contributed by atoms with Crippen LogP contribution in [0.4, 0.5) is 10.1 Å². The third-order valence-corrected chi connectivity index (χ3v) is 2.73. The van der Waals surface area contributed by atoms with Crippen LogP contribution in [-0.4, -0.2) is 13.1 Å². The number of esters is 1. The first-order valence-electron chi connectivity index (χ1n) is 5.96. The molecule has 0 aromatic heterocycles. The SMILES string of the molecule is COc1c(N)cccc1C(=O)OCc1cccc(F)c1. The molecule has 2 aromatic carbocycles. The number of carbonyl (C=O) groups excluding carboxylic acids is 1. The molecule has 0 saturated heterocycles. The summed E-state index contributed by atoms with van der Waals surface area (Å²) >= 11 is 0. The molecule has 0 unspecified atom stereocenters. The molecule has 0 bridgehead atoms. The molecule has 0 spiro atoms. The summed E-state index contributed by atoms with van der Waals surface area (Å²) in [5.41, 5.74) is 6.88. The minimum Gasteiger partial charge on any atom is -0.494 e. The van der Waals surface area contributed by atoms with Crippen LogP contribution >= 0.6 is 0 Å². The lowest BCUT2D eigenvalue weighted by molar-refractivity contribution is 0.0469. The van der Waals surface area contributed by atoms with E-state index in [2.05, 4.69) is 0 Å². The molecule has 0 aliphatic rings. The number of hydrogen-bond acceptors (Lipinski definition) is 4. The maximum atomic E-state index is 13.0. The molecule has 2 aromatic rings. The average molecular weight is 275 g/mol. The summed E-state index contributed by atoms with van der Waals surface area (Å²) < 4.78 is 23.2. The summed E-state index contributed by atoms with van der Waals surface area (Å²) in [5.74, 6) is -0.671. The summed E-state index contributed by atoms with van der Waals surface area (Å²) in [6.45, 7) is -0.0193. The van der Waals surface area contributed by atoms with Gasteiger partial charge in [0.15, 0.2) is 5.75 Å². The van der Waals surface area contributed by atoms with E-state index in [9.17, 15) is 9.18 Å². The highest BCUT2D eigenvalue weighted by molar-refractivity contribution is 5.94. The summed E-state index contributed by atoms with van der Waals surface area (Å²) in [6, 6.07) is 10.7. The predicted molar refractivity (Wildman–Crippen MR) is 72.9 cm³/mol. The van der Waals surface area contributed by atoms with Crippen molar-refractivity contribution in [3.05, 3.63) is 59.4 Å². The number of methoxy groups -OCH3 is 1. The van der Waals surface area contributed by atoms with E-state index in [1.54, 1.807) is 30.3 Å². The summed E-state index contributed by atoms with van der Waals surface area (Å²) in [6.07, 6.45) is 0. The molecule has 0 atom stereocenters. The van der Waals surface area contributed by atoms with E-state index in [1.165, 1.54) is 19.2 Å². The number of nitrogens with two attached hydrogens (primary N) is 1. The van der Waals surface area contributed by atoms with Crippen molar-refractivity contribution in [1.29, 1.82) is 0 Å². The van der Waals surface area contributed by atoms with E-state index >= 15 is 0 Å². The Hall–Kier alpha value is -2.56. The van der Waals surface area contributed by atoms with Gasteiger partial charge in [0, 0.05) is 0 Å². The van der Waals surface area contributed by atoms with Gasteiger partial charge in [0.25, 0.3) is 0 Å². The van der Waals surface area contributed by atoms with E-state index in [4.69, 9.17) is 15.2 Å². The van der Waals surface area contributed by atoms with Crippen LogP contribution in [0.15, 0.2) is 42.5 Å². The smallest absolute Gasteiger partial charge is 0.342 e. The molecule has 20 heavy (non-hydrogen) atoms. The fraction of sp³-hybridized carbons (Fsp3) is 0.133. The number of rotatable bonds is 4. The first-order chi connectivity index (χ1) is 9.61. The molecular weight excluding hydrogens is 261 g/mol. The van der Waals surface area contributed by atoms with Gasteiger partial charge >= 0.3 is 5.97 Å². The quantitative estimate of drug-likeness (QED) is 0.688. The second-order valence-corrected chi connectivity index (χ2v) is 4.13. The largest absolute Gasteiger partial charge is 0.494 e. The first-order valence-corrected chi connectivity index (χ1v) is 5.96. The number of nitrogen functional groups attached to an aromatic ring is 1. The molecule has 0 fully saturated rings. The molecule has 0 aliphatic carbocycles. The Balaban J connectivity index is 2.11. The van der Waals surface area contributed by atoms with Crippen molar-refractivity contribution < 1.29 is 18.7 Å². The molecule has 4 nitrogen and oxygen atoms in total. The Morgan fingerprint density at radius 1 is 1.25 bits per heavy atom. The van der Waals surface area contributed by atoms with E-state index < -0.39 is 5.97 Å². The van der Waals surface area contributed by atoms with Crippen LogP contribution in [0, 0.1) is 5.82 Å². The van der Waals surface area contributed by atoms with Gasteiger partial charge in [0.1, 0.15) is 18.0 Å². The normalized spacial score (nSPS) is 10.1. The molecule has 2 rings (SSSR count). The highest BCUT2D eigenvalue weighted by Gasteiger charge is 2.15. The van der Waals surface area contributed by atoms with Gasteiger partial charge in [-0.25, -0.2) is 9.18 Å². The van der Waals surface area contributed by atoms with E-state index in [0.29, 0.717) is 11.3 Å². The van der Waals surface area contributed by atoms with Crippen LogP contribution in [-0.2, 0) is 11.3 Å². The topological polar surface area (TPSA) is 61.5 Å². The van der Waals surface area contributed by atoms with Crippen LogP contribution in [0.2, 0.25) is 0 Å². The fourth-order valence-corrected chi connectivity index (χ4v) is 1.80. The fourth-order valence-electron chi connectivity index (χ4n) is 1.80. The molecule has 104 valence electrons. The van der Waals surface area contributed by atoms with Gasteiger partial charge in [-0.3, -0.25) is 0 Å². The Morgan fingerprint density at radius 3 is 2.70 bits per heavy atom. The molecule has 2 N–H and O–H groups in total. The Kier molecular flexibility index (Phi) is 4.20. The standard InChI is InChI=1S/C15H14FNO3/c1-19-14-12(6-3-7-13(14)17)15(18)20-9-10-4-2-5-11(16)8-10/h2-8H,9,17H2,1H3. The third-order valence-electron chi connectivity index (χ3n) is 2.73. The van der Waals surface area contributed by atoms with Crippen molar-refractivity contribution in [3.63, 3.8) is 0 Å². The first kappa shape index (κ1) is 13.9. The van der Waals surface area contributed by atoms with Crippen molar-refractivity contribution in [2.75, 3.05) is 12.8 Å². The zero-order chi connectivity index (χ0) is 14.5. The van der Waals surface area contributed by atoms with Crippen molar-refractivity contribution in [2.45, 2.75) is 6.61 Å². The predicted octanol–water partition coefficient (Wildman–Crippen LogP) is 2.77. The number of carbonyl (C=O) groups is 1. The minimum absolute atomic E-state index is 0.0193. The van der Waals surface area contributed by atoms with Gasteiger partial charge in [-0.15, -0.1) is 0 Å². The Morgan fingerprint density at radius 2 is 2.00 bits per heavy atom. The van der Waals surface area contributed by atoms with Gasteiger partial charge in [-0.05, 0) is 29.8 Å². The van der Waals surface area contributed by atoms with Crippen molar-refractivity contribution in [3.8, 4) is 5.75 Å². The number of ether oxygens (including phenoxy) is 2. The average Bonchev–Trinajstić information content (AvgIpc) is 2.44. The van der Waals surface area contributed by atoms with E-state index in [1.807, 2.05) is 0 Å². The Bertz CT molecular complexity index is 628. The molecule has 0 aliphatic heterocycles. The number of anilines is 1. The lowest BCUT2D eigenvalue weighted by Gasteiger charge is -2.10. The number of para-hydroxylation sites is 1. The second-order valence-electron chi connectivity index (χ2n) is 4.13. The molecule has 5 heteroatoms. The zero-order valence-corrected chi connectivity index (χ0v) is 10.9. The van der Waals surface area contributed by atoms with Crippen LogP contribution in [0.5, 0.6) is 5.75 Å². The maximum Gasteiger partial charge on any atom is 0.342 e. The van der Waals surface area contributed by atoms with Crippen LogP contribution < -0.4 is 10.5 Å². The minimum atomic E-state index is -0.571.